The number of halogens is 2. The van der Waals surface area contributed by atoms with Gasteiger partial charge in [-0.3, -0.25) is 4.99 Å². The fourth-order valence-electron chi connectivity index (χ4n) is 3.64. The predicted octanol–water partition coefficient (Wildman–Crippen LogP) is 4.53. The van der Waals surface area contributed by atoms with Crippen molar-refractivity contribution in [3.05, 3.63) is 59.2 Å². The van der Waals surface area contributed by atoms with Crippen molar-refractivity contribution in [2.24, 2.45) is 4.99 Å². The fraction of sp³-hybridized carbons (Fsp3) is 0.500. The molecule has 0 amide bonds. The number of anilines is 1. The minimum atomic E-state index is 0. The fourth-order valence-corrected chi connectivity index (χ4v) is 3.88. The Balaban J connectivity index is 0.00000363. The van der Waals surface area contributed by atoms with Crippen molar-refractivity contribution in [2.75, 3.05) is 44.3 Å². The molecule has 32 heavy (non-hydrogen) atoms. The zero-order chi connectivity index (χ0) is 21.7. The van der Waals surface area contributed by atoms with Crippen LogP contribution in [0.4, 0.5) is 5.82 Å². The molecule has 1 fully saturated rings. The minimum Gasteiger partial charge on any atom is -0.381 e. The second kappa shape index (κ2) is 15.3. The number of ether oxygens (including phenoxy) is 1. The first kappa shape index (κ1) is 26.7. The number of rotatable bonds is 11. The molecule has 8 heteroatoms. The molecule has 3 rings (SSSR count). The van der Waals surface area contributed by atoms with Crippen LogP contribution in [-0.4, -0.2) is 56.4 Å². The van der Waals surface area contributed by atoms with E-state index < -0.39 is 0 Å². The summed E-state index contributed by atoms with van der Waals surface area (Å²) >= 11 is 6.30. The molecule has 2 N–H and O–H groups in total. The van der Waals surface area contributed by atoms with Crippen molar-refractivity contribution in [2.45, 2.75) is 38.6 Å². The van der Waals surface area contributed by atoms with Crippen LogP contribution in [-0.2, 0) is 11.2 Å². The summed E-state index contributed by atoms with van der Waals surface area (Å²) < 4.78 is 5.76. The molecule has 0 aliphatic carbocycles. The number of pyridine rings is 1. The monoisotopic (exact) mass is 571 g/mol. The van der Waals surface area contributed by atoms with Crippen molar-refractivity contribution < 1.29 is 4.74 Å². The van der Waals surface area contributed by atoms with Crippen LogP contribution in [0.25, 0.3) is 0 Å². The SMILES string of the molecule is CCNC(=NCCCCOCCc1ccccc1)NC1CCN(c2ncccc2Cl)C1.I. The van der Waals surface area contributed by atoms with E-state index >= 15 is 0 Å². The molecule has 1 unspecified atom stereocenters. The maximum Gasteiger partial charge on any atom is 0.191 e. The maximum atomic E-state index is 6.30. The predicted molar refractivity (Wildman–Crippen MR) is 145 cm³/mol. The smallest absolute Gasteiger partial charge is 0.191 e. The lowest BCUT2D eigenvalue weighted by Gasteiger charge is -2.20. The highest BCUT2D eigenvalue weighted by atomic mass is 127. The number of aromatic nitrogens is 1. The van der Waals surface area contributed by atoms with Gasteiger partial charge in [-0.05, 0) is 50.3 Å². The second-order valence-corrected chi connectivity index (χ2v) is 8.11. The van der Waals surface area contributed by atoms with Gasteiger partial charge in [-0.1, -0.05) is 41.9 Å². The highest BCUT2D eigenvalue weighted by Crippen LogP contribution is 2.25. The topological polar surface area (TPSA) is 61.8 Å². The van der Waals surface area contributed by atoms with Crippen LogP contribution in [0.1, 0.15) is 31.7 Å². The zero-order valence-electron chi connectivity index (χ0n) is 18.8. The highest BCUT2D eigenvalue weighted by Gasteiger charge is 2.25. The van der Waals surface area contributed by atoms with E-state index in [-0.39, 0.29) is 24.0 Å². The number of guanidine groups is 1. The summed E-state index contributed by atoms with van der Waals surface area (Å²) in [5.74, 6) is 1.74. The van der Waals surface area contributed by atoms with Crippen molar-refractivity contribution in [3.8, 4) is 0 Å². The van der Waals surface area contributed by atoms with Crippen LogP contribution in [0.2, 0.25) is 5.02 Å². The Bertz CT molecular complexity index is 808. The van der Waals surface area contributed by atoms with E-state index in [2.05, 4.69) is 51.7 Å². The van der Waals surface area contributed by atoms with Gasteiger partial charge in [0.2, 0.25) is 0 Å². The molecule has 176 valence electrons. The van der Waals surface area contributed by atoms with Crippen LogP contribution >= 0.6 is 35.6 Å². The van der Waals surface area contributed by atoms with E-state index in [9.17, 15) is 0 Å². The lowest BCUT2D eigenvalue weighted by molar-refractivity contribution is 0.134. The molecule has 2 heterocycles. The van der Waals surface area contributed by atoms with Gasteiger partial charge in [0.1, 0.15) is 5.82 Å². The van der Waals surface area contributed by atoms with Gasteiger partial charge in [-0.2, -0.15) is 0 Å². The van der Waals surface area contributed by atoms with E-state index in [1.807, 2.05) is 18.2 Å². The van der Waals surface area contributed by atoms with E-state index in [0.29, 0.717) is 11.1 Å². The average Bonchev–Trinajstić information content (AvgIpc) is 3.25. The molecule has 1 aromatic heterocycles. The molecule has 1 atom stereocenters. The van der Waals surface area contributed by atoms with Crippen molar-refractivity contribution in [1.82, 2.24) is 15.6 Å². The number of hydrogen-bond acceptors (Lipinski definition) is 4. The molecule has 1 aliphatic rings. The van der Waals surface area contributed by atoms with Crippen molar-refractivity contribution >= 4 is 47.4 Å². The summed E-state index contributed by atoms with van der Waals surface area (Å²) in [6.07, 6.45) is 5.83. The number of nitrogens with zero attached hydrogens (tertiary/aromatic N) is 3. The second-order valence-electron chi connectivity index (χ2n) is 7.70. The Morgan fingerprint density at radius 2 is 2.03 bits per heavy atom. The van der Waals surface area contributed by atoms with E-state index in [1.54, 1.807) is 6.20 Å². The first-order chi connectivity index (χ1) is 15.3. The Hall–Kier alpha value is -1.58. The largest absolute Gasteiger partial charge is 0.381 e. The molecule has 1 aliphatic heterocycles. The molecule has 0 spiro atoms. The average molecular weight is 572 g/mol. The van der Waals surface area contributed by atoms with E-state index in [1.165, 1.54) is 5.56 Å². The Labute approximate surface area is 214 Å². The maximum absolute atomic E-state index is 6.30. The molecule has 0 saturated carbocycles. The molecule has 0 bridgehead atoms. The standard InChI is InChI=1S/C24H34ClN5O.HI/c1-2-26-24(28-14-6-7-17-31-18-13-20-9-4-3-5-10-20)29-21-12-16-30(19-21)23-22(25)11-8-15-27-23;/h3-5,8-11,15,21H,2,6-7,12-14,16-19H2,1H3,(H2,26,28,29);1H. The van der Waals surface area contributed by atoms with Crippen LogP contribution < -0.4 is 15.5 Å². The molecule has 0 radical (unpaired) electrons. The van der Waals surface area contributed by atoms with Gasteiger partial charge in [-0.25, -0.2) is 4.98 Å². The summed E-state index contributed by atoms with van der Waals surface area (Å²) in [7, 11) is 0. The number of nitrogens with one attached hydrogen (secondary N) is 2. The first-order valence-electron chi connectivity index (χ1n) is 11.3. The van der Waals surface area contributed by atoms with Gasteiger partial charge in [0, 0.05) is 45.0 Å². The van der Waals surface area contributed by atoms with Gasteiger partial charge in [-0.15, -0.1) is 24.0 Å². The number of benzene rings is 1. The summed E-state index contributed by atoms with van der Waals surface area (Å²) in [5.41, 5.74) is 1.32. The third kappa shape index (κ3) is 9.11. The summed E-state index contributed by atoms with van der Waals surface area (Å²) in [4.78, 5) is 11.4. The number of hydrogen-bond donors (Lipinski definition) is 2. The van der Waals surface area contributed by atoms with Gasteiger partial charge >= 0.3 is 0 Å². The third-order valence-corrected chi connectivity index (χ3v) is 5.55. The van der Waals surface area contributed by atoms with E-state index in [0.717, 1.165) is 76.9 Å². The Morgan fingerprint density at radius 1 is 1.19 bits per heavy atom. The summed E-state index contributed by atoms with van der Waals surface area (Å²) in [5, 5.41) is 7.62. The van der Waals surface area contributed by atoms with Gasteiger partial charge in [0.05, 0.1) is 11.6 Å². The van der Waals surface area contributed by atoms with Gasteiger partial charge in [0.15, 0.2) is 5.96 Å². The number of unbranched alkanes of at least 4 members (excludes halogenated alkanes) is 1. The summed E-state index contributed by atoms with van der Waals surface area (Å²) in [6, 6.07) is 14.5. The van der Waals surface area contributed by atoms with Crippen molar-refractivity contribution in [3.63, 3.8) is 0 Å². The molecule has 2 aromatic rings. The summed E-state index contributed by atoms with van der Waals surface area (Å²) in [6.45, 7) is 7.10. The normalized spacial score (nSPS) is 16.0. The molecular weight excluding hydrogens is 537 g/mol. The highest BCUT2D eigenvalue weighted by molar-refractivity contribution is 14.0. The van der Waals surface area contributed by atoms with Gasteiger partial charge < -0.3 is 20.3 Å². The first-order valence-corrected chi connectivity index (χ1v) is 11.7. The molecule has 6 nitrogen and oxygen atoms in total. The van der Waals surface area contributed by atoms with Crippen LogP contribution in [0.5, 0.6) is 0 Å². The number of aliphatic imine (C=N–C) groups is 1. The zero-order valence-corrected chi connectivity index (χ0v) is 21.9. The van der Waals surface area contributed by atoms with Crippen molar-refractivity contribution in [1.29, 1.82) is 0 Å². The molecule has 1 aromatic carbocycles. The lowest BCUT2D eigenvalue weighted by Crippen LogP contribution is -2.44. The van der Waals surface area contributed by atoms with Crippen LogP contribution in [0.15, 0.2) is 53.7 Å². The molecule has 1 saturated heterocycles. The Kier molecular flexibility index (Phi) is 12.7. The molecular formula is C24H35ClIN5O. The van der Waals surface area contributed by atoms with Crippen LogP contribution in [0.3, 0.4) is 0 Å². The lowest BCUT2D eigenvalue weighted by atomic mass is 10.2. The van der Waals surface area contributed by atoms with E-state index in [4.69, 9.17) is 21.3 Å². The minimum absolute atomic E-state index is 0. The third-order valence-electron chi connectivity index (χ3n) is 5.26. The van der Waals surface area contributed by atoms with Crippen LogP contribution in [0, 0.1) is 0 Å². The quantitative estimate of drug-likeness (QED) is 0.180. The van der Waals surface area contributed by atoms with Gasteiger partial charge in [0.25, 0.3) is 0 Å². The Morgan fingerprint density at radius 3 is 2.81 bits per heavy atom.